The van der Waals surface area contributed by atoms with Crippen LogP contribution in [0.2, 0.25) is 0 Å². The van der Waals surface area contributed by atoms with Crippen LogP contribution in [0.15, 0.2) is 42.5 Å². The van der Waals surface area contributed by atoms with Crippen molar-refractivity contribution in [3.05, 3.63) is 48.0 Å². The standard InChI is InChI=1S/C21H27NO3/c1-6-22(7-2)21(23)17-12-10-14-19(24-5)20(17)16-11-8-9-13-18(16)25-15(3)4/h8-15H,6-7H2,1-5H3. The van der Waals surface area contributed by atoms with E-state index in [1.807, 2.05) is 75.1 Å². The molecule has 0 fully saturated rings. The second-order valence-electron chi connectivity index (χ2n) is 6.02. The molecule has 2 aromatic carbocycles. The summed E-state index contributed by atoms with van der Waals surface area (Å²) in [6.07, 6.45) is 0.0396. The number of carbonyl (C=O) groups excluding carboxylic acids is 1. The molecule has 2 aromatic rings. The second kappa shape index (κ2) is 8.56. The van der Waals surface area contributed by atoms with E-state index in [1.54, 1.807) is 7.11 Å². The molecule has 0 heterocycles. The summed E-state index contributed by atoms with van der Waals surface area (Å²) >= 11 is 0. The van der Waals surface area contributed by atoms with Gasteiger partial charge in [-0.2, -0.15) is 0 Å². The van der Waals surface area contributed by atoms with Crippen LogP contribution < -0.4 is 9.47 Å². The maximum absolute atomic E-state index is 13.0. The van der Waals surface area contributed by atoms with E-state index in [4.69, 9.17) is 9.47 Å². The van der Waals surface area contributed by atoms with Crippen molar-refractivity contribution >= 4 is 5.91 Å². The molecule has 0 aliphatic heterocycles. The molecule has 1 amide bonds. The average Bonchev–Trinajstić information content (AvgIpc) is 2.62. The predicted octanol–water partition coefficient (Wildman–Crippen LogP) is 4.63. The Morgan fingerprint density at radius 2 is 1.64 bits per heavy atom. The van der Waals surface area contributed by atoms with E-state index < -0.39 is 0 Å². The van der Waals surface area contributed by atoms with E-state index in [1.165, 1.54) is 0 Å². The van der Waals surface area contributed by atoms with E-state index in [0.29, 0.717) is 24.4 Å². The average molecular weight is 341 g/mol. The van der Waals surface area contributed by atoms with Crippen molar-refractivity contribution in [3.8, 4) is 22.6 Å². The summed E-state index contributed by atoms with van der Waals surface area (Å²) in [5.41, 5.74) is 2.27. The van der Waals surface area contributed by atoms with Gasteiger partial charge < -0.3 is 14.4 Å². The third-order valence-electron chi connectivity index (χ3n) is 4.05. The minimum Gasteiger partial charge on any atom is -0.496 e. The Morgan fingerprint density at radius 3 is 2.24 bits per heavy atom. The number of ether oxygens (including phenoxy) is 2. The highest BCUT2D eigenvalue weighted by Gasteiger charge is 2.22. The minimum absolute atomic E-state index is 0.00162. The molecule has 25 heavy (non-hydrogen) atoms. The van der Waals surface area contributed by atoms with Crippen molar-refractivity contribution < 1.29 is 14.3 Å². The Bertz CT molecular complexity index is 721. The van der Waals surface area contributed by atoms with Gasteiger partial charge in [-0.15, -0.1) is 0 Å². The quantitative estimate of drug-likeness (QED) is 0.737. The Morgan fingerprint density at radius 1 is 1.00 bits per heavy atom. The molecule has 0 unspecified atom stereocenters. The normalized spacial score (nSPS) is 10.6. The van der Waals surface area contributed by atoms with Crippen LogP contribution in [0.1, 0.15) is 38.1 Å². The van der Waals surface area contributed by atoms with Gasteiger partial charge in [0.05, 0.1) is 18.8 Å². The maximum atomic E-state index is 13.0. The molecule has 0 N–H and O–H groups in total. The van der Waals surface area contributed by atoms with Gasteiger partial charge in [0, 0.05) is 24.2 Å². The van der Waals surface area contributed by atoms with Crippen LogP contribution in [-0.2, 0) is 0 Å². The molecule has 134 valence electrons. The Kier molecular flexibility index (Phi) is 6.45. The molecular formula is C21H27NO3. The summed E-state index contributed by atoms with van der Waals surface area (Å²) in [7, 11) is 1.62. The zero-order valence-corrected chi connectivity index (χ0v) is 15.7. The fraction of sp³-hybridized carbons (Fsp3) is 0.381. The van der Waals surface area contributed by atoms with Gasteiger partial charge in [-0.05, 0) is 45.9 Å². The van der Waals surface area contributed by atoms with Gasteiger partial charge in [0.25, 0.3) is 5.91 Å². The number of nitrogens with zero attached hydrogens (tertiary/aromatic N) is 1. The predicted molar refractivity (Wildman–Crippen MR) is 101 cm³/mol. The van der Waals surface area contributed by atoms with Crippen LogP contribution in [0.3, 0.4) is 0 Å². The fourth-order valence-electron chi connectivity index (χ4n) is 2.87. The highest BCUT2D eigenvalue weighted by molar-refractivity contribution is 6.03. The number of hydrogen-bond donors (Lipinski definition) is 0. The van der Waals surface area contributed by atoms with Crippen LogP contribution in [0.25, 0.3) is 11.1 Å². The zero-order chi connectivity index (χ0) is 18.4. The molecule has 0 aliphatic carbocycles. The number of rotatable bonds is 7. The lowest BCUT2D eigenvalue weighted by Crippen LogP contribution is -2.30. The summed E-state index contributed by atoms with van der Waals surface area (Å²) < 4.78 is 11.5. The molecule has 2 rings (SSSR count). The summed E-state index contributed by atoms with van der Waals surface area (Å²) in [6, 6.07) is 13.3. The number of para-hydroxylation sites is 1. The topological polar surface area (TPSA) is 38.8 Å². The molecule has 4 heteroatoms. The smallest absolute Gasteiger partial charge is 0.254 e. The molecule has 0 saturated carbocycles. The maximum Gasteiger partial charge on any atom is 0.254 e. The van der Waals surface area contributed by atoms with E-state index in [9.17, 15) is 4.79 Å². The number of hydrogen-bond acceptors (Lipinski definition) is 3. The number of amides is 1. The molecule has 0 atom stereocenters. The third-order valence-corrected chi connectivity index (χ3v) is 4.05. The van der Waals surface area contributed by atoms with Gasteiger partial charge in [-0.25, -0.2) is 0 Å². The Hall–Kier alpha value is -2.49. The molecule has 0 radical (unpaired) electrons. The number of methoxy groups -OCH3 is 1. The van der Waals surface area contributed by atoms with E-state index in [2.05, 4.69) is 0 Å². The van der Waals surface area contributed by atoms with Crippen LogP contribution in [0.4, 0.5) is 0 Å². The second-order valence-corrected chi connectivity index (χ2v) is 6.02. The van der Waals surface area contributed by atoms with Crippen LogP contribution >= 0.6 is 0 Å². The summed E-state index contributed by atoms with van der Waals surface area (Å²) in [6.45, 7) is 9.27. The van der Waals surface area contributed by atoms with E-state index >= 15 is 0 Å². The molecule has 0 spiro atoms. The Balaban J connectivity index is 2.67. The lowest BCUT2D eigenvalue weighted by molar-refractivity contribution is 0.0773. The molecule has 0 saturated heterocycles. The van der Waals surface area contributed by atoms with Crippen LogP contribution in [-0.4, -0.2) is 37.1 Å². The summed E-state index contributed by atoms with van der Waals surface area (Å²) in [5, 5.41) is 0. The summed E-state index contributed by atoms with van der Waals surface area (Å²) in [5.74, 6) is 1.41. The van der Waals surface area contributed by atoms with Crippen molar-refractivity contribution in [1.82, 2.24) is 4.90 Å². The lowest BCUT2D eigenvalue weighted by atomic mass is 9.96. The zero-order valence-electron chi connectivity index (χ0n) is 15.7. The first-order valence-electron chi connectivity index (χ1n) is 8.75. The molecular weight excluding hydrogens is 314 g/mol. The first kappa shape index (κ1) is 18.8. The van der Waals surface area contributed by atoms with Gasteiger partial charge in [-0.3, -0.25) is 4.79 Å². The van der Waals surface area contributed by atoms with Gasteiger partial charge in [0.1, 0.15) is 11.5 Å². The number of benzene rings is 2. The lowest BCUT2D eigenvalue weighted by Gasteiger charge is -2.23. The fourth-order valence-corrected chi connectivity index (χ4v) is 2.87. The SMILES string of the molecule is CCN(CC)C(=O)c1cccc(OC)c1-c1ccccc1OC(C)C. The first-order chi connectivity index (χ1) is 12.0. The summed E-state index contributed by atoms with van der Waals surface area (Å²) in [4.78, 5) is 14.8. The van der Waals surface area contributed by atoms with Gasteiger partial charge >= 0.3 is 0 Å². The molecule has 0 aromatic heterocycles. The van der Waals surface area contributed by atoms with Crippen molar-refractivity contribution in [3.63, 3.8) is 0 Å². The molecule has 4 nitrogen and oxygen atoms in total. The largest absolute Gasteiger partial charge is 0.496 e. The van der Waals surface area contributed by atoms with Gasteiger partial charge in [-0.1, -0.05) is 24.3 Å². The Labute approximate surface area is 150 Å². The molecule has 0 bridgehead atoms. The third kappa shape index (κ3) is 4.13. The monoisotopic (exact) mass is 341 g/mol. The van der Waals surface area contributed by atoms with Gasteiger partial charge in [0.2, 0.25) is 0 Å². The van der Waals surface area contributed by atoms with Crippen molar-refractivity contribution in [2.45, 2.75) is 33.8 Å². The number of carbonyl (C=O) groups is 1. The minimum atomic E-state index is -0.00162. The van der Waals surface area contributed by atoms with Crippen LogP contribution in [0, 0.1) is 0 Å². The van der Waals surface area contributed by atoms with Crippen molar-refractivity contribution in [2.75, 3.05) is 20.2 Å². The molecule has 0 aliphatic rings. The first-order valence-corrected chi connectivity index (χ1v) is 8.75. The van der Waals surface area contributed by atoms with Crippen molar-refractivity contribution in [1.29, 1.82) is 0 Å². The van der Waals surface area contributed by atoms with Crippen LogP contribution in [0.5, 0.6) is 11.5 Å². The van der Waals surface area contributed by atoms with E-state index in [-0.39, 0.29) is 12.0 Å². The van der Waals surface area contributed by atoms with Crippen molar-refractivity contribution in [2.24, 2.45) is 0 Å². The van der Waals surface area contributed by atoms with Gasteiger partial charge in [0.15, 0.2) is 0 Å². The van der Waals surface area contributed by atoms with E-state index in [0.717, 1.165) is 16.9 Å². The highest BCUT2D eigenvalue weighted by Crippen LogP contribution is 2.39. The highest BCUT2D eigenvalue weighted by atomic mass is 16.5.